The lowest BCUT2D eigenvalue weighted by Crippen LogP contribution is -2.12. The largest absolute Gasteiger partial charge is 0.418 e. The van der Waals surface area contributed by atoms with Gasteiger partial charge in [0, 0.05) is 11.8 Å². The van der Waals surface area contributed by atoms with Gasteiger partial charge in [-0.1, -0.05) is 43.7 Å². The van der Waals surface area contributed by atoms with Crippen molar-refractivity contribution in [2.24, 2.45) is 0 Å². The van der Waals surface area contributed by atoms with Crippen molar-refractivity contribution < 1.29 is 13.2 Å². The summed E-state index contributed by atoms with van der Waals surface area (Å²) in [5.74, 6) is -0.266. The predicted octanol–water partition coefficient (Wildman–Crippen LogP) is 5.20. The fourth-order valence-corrected chi connectivity index (χ4v) is 2.14. The lowest BCUT2D eigenvalue weighted by molar-refractivity contribution is -0.138. The molecule has 1 heterocycles. The summed E-state index contributed by atoms with van der Waals surface area (Å²) in [6.07, 6.45) is -2.87. The zero-order valence-corrected chi connectivity index (χ0v) is 11.6. The van der Waals surface area contributed by atoms with E-state index in [1.807, 2.05) is 25.1 Å². The number of aromatic nitrogens is 1. The van der Waals surface area contributed by atoms with Crippen molar-refractivity contribution in [3.05, 3.63) is 53.3 Å². The number of halogens is 3. The van der Waals surface area contributed by atoms with Gasteiger partial charge in [0.05, 0.1) is 11.3 Å². The van der Waals surface area contributed by atoms with E-state index in [1.54, 1.807) is 19.9 Å². The number of hydrogen-bond acceptors (Lipinski definition) is 1. The first-order chi connectivity index (χ1) is 9.29. The summed E-state index contributed by atoms with van der Waals surface area (Å²) in [6.45, 7) is 5.33. The van der Waals surface area contributed by atoms with Gasteiger partial charge in [0.1, 0.15) is 0 Å². The van der Waals surface area contributed by atoms with E-state index in [0.717, 1.165) is 11.1 Å². The van der Waals surface area contributed by atoms with E-state index in [0.29, 0.717) is 5.56 Å². The second-order valence-corrected chi connectivity index (χ2v) is 5.18. The molecular formula is C16H16F3N. The van der Waals surface area contributed by atoms with Gasteiger partial charge < -0.3 is 0 Å². The Labute approximate surface area is 116 Å². The van der Waals surface area contributed by atoms with Crippen molar-refractivity contribution in [3.8, 4) is 11.1 Å². The van der Waals surface area contributed by atoms with Crippen LogP contribution in [0.2, 0.25) is 0 Å². The van der Waals surface area contributed by atoms with E-state index < -0.39 is 11.7 Å². The van der Waals surface area contributed by atoms with Crippen molar-refractivity contribution in [2.75, 3.05) is 0 Å². The highest BCUT2D eigenvalue weighted by atomic mass is 19.4. The maximum absolute atomic E-state index is 13.1. The smallest absolute Gasteiger partial charge is 0.260 e. The predicted molar refractivity (Wildman–Crippen MR) is 73.5 cm³/mol. The third-order valence-corrected chi connectivity index (χ3v) is 3.12. The lowest BCUT2D eigenvalue weighted by atomic mass is 9.98. The van der Waals surface area contributed by atoms with Crippen molar-refractivity contribution in [2.45, 2.75) is 32.9 Å². The van der Waals surface area contributed by atoms with E-state index in [9.17, 15) is 13.2 Å². The highest BCUT2D eigenvalue weighted by Gasteiger charge is 2.35. The number of hydrogen-bond donors (Lipinski definition) is 0. The van der Waals surface area contributed by atoms with Crippen molar-refractivity contribution in [1.82, 2.24) is 4.98 Å². The molecule has 0 aliphatic carbocycles. The number of nitrogens with zero attached hydrogens (tertiary/aromatic N) is 1. The SMILES string of the molecule is Cc1cccc(-c2cnc(C(C)C)c(C(F)(F)F)c2)c1. The molecule has 106 valence electrons. The van der Waals surface area contributed by atoms with E-state index in [4.69, 9.17) is 0 Å². The van der Waals surface area contributed by atoms with Gasteiger partial charge in [0.15, 0.2) is 0 Å². The second kappa shape index (κ2) is 5.27. The number of benzene rings is 1. The first-order valence-corrected chi connectivity index (χ1v) is 6.43. The molecule has 0 amide bonds. The van der Waals surface area contributed by atoms with E-state index >= 15 is 0 Å². The summed E-state index contributed by atoms with van der Waals surface area (Å²) in [4.78, 5) is 4.03. The summed E-state index contributed by atoms with van der Waals surface area (Å²) >= 11 is 0. The standard InChI is InChI=1S/C16H16F3N/c1-10(2)15-14(16(17,18)19)8-13(9-20-15)12-6-4-5-11(3)7-12/h4-10H,1-3H3. The maximum atomic E-state index is 13.1. The summed E-state index contributed by atoms with van der Waals surface area (Å²) in [5, 5.41) is 0. The van der Waals surface area contributed by atoms with Crippen LogP contribution >= 0.6 is 0 Å². The second-order valence-electron chi connectivity index (χ2n) is 5.18. The van der Waals surface area contributed by atoms with Crippen LogP contribution in [-0.4, -0.2) is 4.98 Å². The van der Waals surface area contributed by atoms with Gasteiger partial charge in [0.2, 0.25) is 0 Å². The van der Waals surface area contributed by atoms with E-state index in [-0.39, 0.29) is 11.6 Å². The molecule has 0 fully saturated rings. The minimum absolute atomic E-state index is 0.0916. The summed E-state index contributed by atoms with van der Waals surface area (Å²) in [7, 11) is 0. The third kappa shape index (κ3) is 3.00. The van der Waals surface area contributed by atoms with Gasteiger partial charge in [0.25, 0.3) is 0 Å². The van der Waals surface area contributed by atoms with Gasteiger partial charge >= 0.3 is 6.18 Å². The van der Waals surface area contributed by atoms with Crippen LogP contribution in [-0.2, 0) is 6.18 Å². The highest BCUT2D eigenvalue weighted by molar-refractivity contribution is 5.64. The minimum Gasteiger partial charge on any atom is -0.260 e. The van der Waals surface area contributed by atoms with Crippen LogP contribution in [0, 0.1) is 6.92 Å². The van der Waals surface area contributed by atoms with Crippen LogP contribution in [0.25, 0.3) is 11.1 Å². The highest BCUT2D eigenvalue weighted by Crippen LogP contribution is 2.36. The number of aryl methyl sites for hydroxylation is 1. The maximum Gasteiger partial charge on any atom is 0.418 e. The van der Waals surface area contributed by atoms with Gasteiger partial charge in [-0.15, -0.1) is 0 Å². The Morgan fingerprint density at radius 3 is 2.30 bits per heavy atom. The van der Waals surface area contributed by atoms with Crippen molar-refractivity contribution in [3.63, 3.8) is 0 Å². The summed E-state index contributed by atoms with van der Waals surface area (Å²) < 4.78 is 39.4. The van der Waals surface area contributed by atoms with Crippen LogP contribution < -0.4 is 0 Å². The van der Waals surface area contributed by atoms with Gasteiger partial charge in [-0.05, 0) is 24.5 Å². The van der Waals surface area contributed by atoms with Crippen LogP contribution in [0.1, 0.15) is 36.6 Å². The molecule has 0 N–H and O–H groups in total. The fraction of sp³-hybridized carbons (Fsp3) is 0.312. The molecule has 4 heteroatoms. The number of pyridine rings is 1. The Morgan fingerprint density at radius 1 is 1.05 bits per heavy atom. The molecule has 2 aromatic rings. The molecule has 0 aliphatic heterocycles. The van der Waals surface area contributed by atoms with Gasteiger partial charge in [-0.3, -0.25) is 4.98 Å². The molecule has 20 heavy (non-hydrogen) atoms. The summed E-state index contributed by atoms with van der Waals surface area (Å²) in [5.41, 5.74) is 1.69. The molecule has 1 aromatic heterocycles. The van der Waals surface area contributed by atoms with Crippen LogP contribution in [0.5, 0.6) is 0 Å². The molecule has 0 saturated heterocycles. The average Bonchev–Trinajstić information content (AvgIpc) is 2.37. The minimum atomic E-state index is -4.38. The van der Waals surface area contributed by atoms with Gasteiger partial charge in [-0.25, -0.2) is 0 Å². The molecule has 1 nitrogen and oxygen atoms in total. The first kappa shape index (κ1) is 14.6. The van der Waals surface area contributed by atoms with Crippen LogP contribution in [0.15, 0.2) is 36.5 Å². The molecule has 0 atom stereocenters. The third-order valence-electron chi connectivity index (χ3n) is 3.12. The molecule has 0 saturated carbocycles. The Hall–Kier alpha value is -1.84. The molecule has 0 spiro atoms. The Balaban J connectivity index is 2.58. The Morgan fingerprint density at radius 2 is 1.75 bits per heavy atom. The molecule has 0 unspecified atom stereocenters. The zero-order chi connectivity index (χ0) is 14.9. The van der Waals surface area contributed by atoms with Gasteiger partial charge in [-0.2, -0.15) is 13.2 Å². The Bertz CT molecular complexity index is 615. The van der Waals surface area contributed by atoms with E-state index in [1.165, 1.54) is 12.3 Å². The fourth-order valence-electron chi connectivity index (χ4n) is 2.14. The molecule has 0 radical (unpaired) electrons. The van der Waals surface area contributed by atoms with Crippen molar-refractivity contribution >= 4 is 0 Å². The molecular weight excluding hydrogens is 263 g/mol. The monoisotopic (exact) mass is 279 g/mol. The van der Waals surface area contributed by atoms with Crippen molar-refractivity contribution in [1.29, 1.82) is 0 Å². The number of rotatable bonds is 2. The molecule has 0 bridgehead atoms. The quantitative estimate of drug-likeness (QED) is 0.736. The zero-order valence-electron chi connectivity index (χ0n) is 11.6. The number of alkyl halides is 3. The normalized spacial score (nSPS) is 11.9. The van der Waals surface area contributed by atoms with Crippen LogP contribution in [0.3, 0.4) is 0 Å². The molecule has 0 aliphatic rings. The van der Waals surface area contributed by atoms with Crippen LogP contribution in [0.4, 0.5) is 13.2 Å². The Kier molecular flexibility index (Phi) is 3.84. The topological polar surface area (TPSA) is 12.9 Å². The first-order valence-electron chi connectivity index (χ1n) is 6.43. The lowest BCUT2D eigenvalue weighted by Gasteiger charge is -2.16. The average molecular weight is 279 g/mol. The molecule has 1 aromatic carbocycles. The summed E-state index contributed by atoms with van der Waals surface area (Å²) in [6, 6.07) is 8.57. The molecule has 2 rings (SSSR count). The van der Waals surface area contributed by atoms with E-state index in [2.05, 4.69) is 4.98 Å².